The van der Waals surface area contributed by atoms with Gasteiger partial charge in [0.1, 0.15) is 24.3 Å². The summed E-state index contributed by atoms with van der Waals surface area (Å²) in [7, 11) is 0. The van der Waals surface area contributed by atoms with Crippen LogP contribution < -0.4 is 0 Å². The van der Waals surface area contributed by atoms with Crippen LogP contribution in [0.3, 0.4) is 0 Å². The molecule has 0 fully saturated rings. The minimum Gasteiger partial charge on any atom is -0.493 e. The first kappa shape index (κ1) is 9.14. The summed E-state index contributed by atoms with van der Waals surface area (Å²) in [6.07, 6.45) is 5.46. The van der Waals surface area contributed by atoms with Crippen LogP contribution in [0.25, 0.3) is 17.2 Å². The molecule has 3 heterocycles. The molecule has 0 radical (unpaired) electrons. The molecule has 3 rings (SSSR count). The maximum absolute atomic E-state index is 5.23. The van der Waals surface area contributed by atoms with E-state index in [4.69, 9.17) is 4.74 Å². The third-order valence-corrected chi connectivity index (χ3v) is 3.04. The van der Waals surface area contributed by atoms with Crippen LogP contribution in [-0.2, 0) is 15.8 Å². The zero-order valence-electron chi connectivity index (χ0n) is 7.85. The smallest absolute Gasteiger partial charge is 0.148 e. The Morgan fingerprint density at radius 3 is 3.33 bits per heavy atom. The van der Waals surface area contributed by atoms with E-state index in [2.05, 4.69) is 43.2 Å². The summed E-state index contributed by atoms with van der Waals surface area (Å²) in [6.45, 7) is 0.604. The molecule has 0 unspecified atom stereocenters. The fraction of sp³-hybridized carbons (Fsp3) is 0.200. The summed E-state index contributed by atoms with van der Waals surface area (Å²) in [5.74, 6) is 0.865. The zero-order chi connectivity index (χ0) is 10.3. The SMILES string of the molecule is ICc1ncc2cc3n(c2n1)C=COC3. The van der Waals surface area contributed by atoms with Crippen molar-refractivity contribution in [2.75, 3.05) is 0 Å². The van der Waals surface area contributed by atoms with E-state index in [9.17, 15) is 0 Å². The van der Waals surface area contributed by atoms with Gasteiger partial charge in [-0.25, -0.2) is 9.97 Å². The van der Waals surface area contributed by atoms with Crippen LogP contribution in [0.4, 0.5) is 0 Å². The molecule has 0 saturated carbocycles. The minimum absolute atomic E-state index is 0.604. The van der Waals surface area contributed by atoms with Gasteiger partial charge in [-0.05, 0) is 6.07 Å². The van der Waals surface area contributed by atoms with Crippen LogP contribution in [-0.4, -0.2) is 14.5 Å². The van der Waals surface area contributed by atoms with Crippen molar-refractivity contribution < 1.29 is 4.74 Å². The Bertz CT molecular complexity index is 547. The maximum atomic E-state index is 5.23. The van der Waals surface area contributed by atoms with E-state index < -0.39 is 0 Å². The van der Waals surface area contributed by atoms with E-state index in [1.54, 1.807) is 6.26 Å². The molecule has 4 nitrogen and oxygen atoms in total. The van der Waals surface area contributed by atoms with Crippen LogP contribution in [0.15, 0.2) is 18.5 Å². The van der Waals surface area contributed by atoms with Gasteiger partial charge in [0.15, 0.2) is 0 Å². The second kappa shape index (κ2) is 3.48. The molecule has 0 aliphatic carbocycles. The fourth-order valence-corrected chi connectivity index (χ4v) is 2.04. The van der Waals surface area contributed by atoms with Crippen molar-refractivity contribution in [2.45, 2.75) is 11.0 Å². The molecule has 0 bridgehead atoms. The van der Waals surface area contributed by atoms with Crippen LogP contribution in [0.2, 0.25) is 0 Å². The Hall–Kier alpha value is -1.11. The van der Waals surface area contributed by atoms with E-state index in [1.165, 1.54) is 0 Å². The van der Waals surface area contributed by atoms with Crippen molar-refractivity contribution in [1.82, 2.24) is 14.5 Å². The number of ether oxygens (including phenoxy) is 1. The van der Waals surface area contributed by atoms with Gasteiger partial charge in [0, 0.05) is 17.8 Å². The average Bonchev–Trinajstić information content (AvgIpc) is 2.66. The summed E-state index contributed by atoms with van der Waals surface area (Å²) in [6, 6.07) is 2.07. The van der Waals surface area contributed by atoms with Crippen molar-refractivity contribution in [1.29, 1.82) is 0 Å². The number of hydrogen-bond acceptors (Lipinski definition) is 3. The molecule has 5 heteroatoms. The van der Waals surface area contributed by atoms with Gasteiger partial charge >= 0.3 is 0 Å². The number of halogens is 1. The lowest BCUT2D eigenvalue weighted by Crippen LogP contribution is -2.02. The molecule has 2 aromatic rings. The molecular formula is C10H8IN3O. The van der Waals surface area contributed by atoms with E-state index in [0.29, 0.717) is 6.61 Å². The first-order valence-electron chi connectivity index (χ1n) is 4.58. The van der Waals surface area contributed by atoms with Crippen molar-refractivity contribution >= 4 is 39.8 Å². The van der Waals surface area contributed by atoms with Gasteiger partial charge in [0.2, 0.25) is 0 Å². The van der Waals surface area contributed by atoms with Crippen LogP contribution in [0.5, 0.6) is 0 Å². The highest BCUT2D eigenvalue weighted by atomic mass is 127. The third-order valence-electron chi connectivity index (χ3n) is 2.36. The molecule has 0 saturated heterocycles. The topological polar surface area (TPSA) is 39.9 Å². The zero-order valence-corrected chi connectivity index (χ0v) is 10.0. The first-order valence-corrected chi connectivity index (χ1v) is 6.11. The largest absolute Gasteiger partial charge is 0.493 e. The molecule has 0 spiro atoms. The molecule has 1 aliphatic rings. The first-order chi connectivity index (χ1) is 7.38. The number of nitrogens with zero attached hydrogens (tertiary/aromatic N) is 3. The summed E-state index contributed by atoms with van der Waals surface area (Å²) in [5, 5.41) is 1.06. The van der Waals surface area contributed by atoms with E-state index in [-0.39, 0.29) is 0 Å². The summed E-state index contributed by atoms with van der Waals surface area (Å²) < 4.78 is 8.11. The minimum atomic E-state index is 0.604. The maximum Gasteiger partial charge on any atom is 0.148 e. The lowest BCUT2D eigenvalue weighted by atomic mass is 10.4. The van der Waals surface area contributed by atoms with Gasteiger partial charge in [0.25, 0.3) is 0 Å². The molecule has 0 amide bonds. The highest BCUT2D eigenvalue weighted by Gasteiger charge is 2.11. The fourth-order valence-electron chi connectivity index (χ4n) is 1.68. The van der Waals surface area contributed by atoms with Crippen molar-refractivity contribution in [3.63, 3.8) is 0 Å². The number of aromatic nitrogens is 3. The molecule has 15 heavy (non-hydrogen) atoms. The van der Waals surface area contributed by atoms with Crippen LogP contribution >= 0.6 is 22.6 Å². The number of rotatable bonds is 1. The lowest BCUT2D eigenvalue weighted by Gasteiger charge is -2.09. The molecule has 1 aliphatic heterocycles. The Labute approximate surface area is 100 Å². The van der Waals surface area contributed by atoms with Gasteiger partial charge in [-0.2, -0.15) is 0 Å². The Morgan fingerprint density at radius 1 is 1.53 bits per heavy atom. The third kappa shape index (κ3) is 1.41. The normalized spacial score (nSPS) is 13.9. The highest BCUT2D eigenvalue weighted by molar-refractivity contribution is 14.1. The highest BCUT2D eigenvalue weighted by Crippen LogP contribution is 2.21. The van der Waals surface area contributed by atoms with Crippen molar-refractivity contribution in [3.8, 4) is 0 Å². The average molecular weight is 313 g/mol. The predicted octanol–water partition coefficient (Wildman–Crippen LogP) is 2.32. The summed E-state index contributed by atoms with van der Waals surface area (Å²) in [4.78, 5) is 8.78. The molecule has 76 valence electrons. The molecule has 0 atom stereocenters. The Balaban J connectivity index is 2.30. The number of alkyl halides is 1. The summed E-state index contributed by atoms with van der Waals surface area (Å²) >= 11 is 2.26. The van der Waals surface area contributed by atoms with Gasteiger partial charge in [0.05, 0.1) is 10.1 Å². The second-order valence-corrected chi connectivity index (χ2v) is 4.06. The number of fused-ring (bicyclic) bond motifs is 3. The summed E-state index contributed by atoms with van der Waals surface area (Å²) in [5.41, 5.74) is 2.08. The lowest BCUT2D eigenvalue weighted by molar-refractivity contribution is 0.225. The van der Waals surface area contributed by atoms with Crippen molar-refractivity contribution in [2.24, 2.45) is 0 Å². The van der Waals surface area contributed by atoms with Gasteiger partial charge in [-0.1, -0.05) is 22.6 Å². The van der Waals surface area contributed by atoms with Crippen LogP contribution in [0, 0.1) is 0 Å². The second-order valence-electron chi connectivity index (χ2n) is 3.30. The Morgan fingerprint density at radius 2 is 2.47 bits per heavy atom. The molecule has 0 aromatic carbocycles. The number of hydrogen-bond donors (Lipinski definition) is 0. The predicted molar refractivity (Wildman–Crippen MR) is 65.4 cm³/mol. The standard InChI is InChI=1S/C10H8IN3O/c11-4-9-12-5-7-3-8-6-15-2-1-14(8)10(7)13-9/h1-3,5H,4,6H2. The van der Waals surface area contributed by atoms with Gasteiger partial charge in [-0.15, -0.1) is 0 Å². The van der Waals surface area contributed by atoms with Gasteiger partial charge in [-0.3, -0.25) is 4.57 Å². The van der Waals surface area contributed by atoms with Crippen LogP contribution in [0.1, 0.15) is 11.5 Å². The van der Waals surface area contributed by atoms with E-state index in [0.717, 1.165) is 27.0 Å². The molecule has 0 N–H and O–H groups in total. The molecular weight excluding hydrogens is 305 g/mol. The van der Waals surface area contributed by atoms with Gasteiger partial charge < -0.3 is 4.74 Å². The molecule has 2 aromatic heterocycles. The Kier molecular flexibility index (Phi) is 2.12. The monoisotopic (exact) mass is 313 g/mol. The quantitative estimate of drug-likeness (QED) is 0.599. The van der Waals surface area contributed by atoms with E-state index >= 15 is 0 Å². The van der Waals surface area contributed by atoms with Crippen molar-refractivity contribution in [3.05, 3.63) is 30.0 Å². The van der Waals surface area contributed by atoms with E-state index in [1.807, 2.05) is 12.4 Å².